The SMILES string of the molecule is CC(=O)N[C@@H]1CCN(Cc2cc(O)c3c(c2F)C[C@H]2C[C@H]4[C@H](N(C)C)C(=O)C(C(N)=O)C(=O)[C@@]4(O)C(=O)C2C3=O)C1. The third-order valence-corrected chi connectivity index (χ3v) is 9.14. The Labute approximate surface area is 235 Å². The number of aliphatic hydroxyl groups is 1. The number of nitrogens with zero attached hydrogens (tertiary/aromatic N) is 2. The van der Waals surface area contributed by atoms with Gasteiger partial charge in [-0.2, -0.15) is 0 Å². The molecule has 0 aromatic heterocycles. The van der Waals surface area contributed by atoms with E-state index in [-0.39, 0.29) is 48.0 Å². The molecule has 2 saturated carbocycles. The average Bonchev–Trinajstić information content (AvgIpc) is 3.29. The lowest BCUT2D eigenvalue weighted by atomic mass is 9.52. The fraction of sp³-hybridized carbons (Fsp3) is 0.571. The number of phenols is 1. The topological polar surface area (TPSA) is 187 Å². The van der Waals surface area contributed by atoms with Crippen LogP contribution in [0.1, 0.15) is 41.3 Å². The van der Waals surface area contributed by atoms with Gasteiger partial charge in [-0.25, -0.2) is 4.39 Å². The zero-order valence-corrected chi connectivity index (χ0v) is 23.0. The van der Waals surface area contributed by atoms with Gasteiger partial charge in [0, 0.05) is 49.6 Å². The number of likely N-dealkylation sites (tertiary alicyclic amines) is 1. The van der Waals surface area contributed by atoms with Crippen LogP contribution in [0.25, 0.3) is 0 Å². The number of ketones is 4. The Kier molecular flexibility index (Phi) is 7.11. The van der Waals surface area contributed by atoms with Crippen molar-refractivity contribution < 1.29 is 43.4 Å². The number of fused-ring (bicyclic) bond motifs is 3. The molecule has 1 aromatic carbocycles. The van der Waals surface area contributed by atoms with Gasteiger partial charge in [0.05, 0.1) is 17.5 Å². The van der Waals surface area contributed by atoms with Gasteiger partial charge in [-0.1, -0.05) is 0 Å². The van der Waals surface area contributed by atoms with Crippen LogP contribution in [-0.4, -0.2) is 99.8 Å². The lowest BCUT2D eigenvalue weighted by molar-refractivity contribution is -0.181. The third kappa shape index (κ3) is 4.37. The van der Waals surface area contributed by atoms with Gasteiger partial charge in [-0.15, -0.1) is 0 Å². The number of nitrogens with two attached hydrogens (primary N) is 1. The molecule has 1 aliphatic heterocycles. The van der Waals surface area contributed by atoms with Crippen molar-refractivity contribution in [1.29, 1.82) is 0 Å². The van der Waals surface area contributed by atoms with Crippen molar-refractivity contribution in [3.05, 3.63) is 28.6 Å². The number of likely N-dealkylation sites (N-methyl/N-ethyl adjacent to an activating group) is 1. The number of rotatable bonds is 5. The van der Waals surface area contributed by atoms with Crippen LogP contribution in [0.5, 0.6) is 5.75 Å². The highest BCUT2D eigenvalue weighted by atomic mass is 19.1. The second-order valence-corrected chi connectivity index (χ2v) is 11.9. The molecule has 5 rings (SSSR count). The fourth-order valence-electron chi connectivity index (χ4n) is 7.45. The van der Waals surface area contributed by atoms with Crippen molar-refractivity contribution in [1.82, 2.24) is 15.1 Å². The largest absolute Gasteiger partial charge is 0.507 e. The molecule has 5 N–H and O–H groups in total. The van der Waals surface area contributed by atoms with E-state index in [1.54, 1.807) is 0 Å². The van der Waals surface area contributed by atoms with Crippen LogP contribution in [0.4, 0.5) is 4.39 Å². The van der Waals surface area contributed by atoms with Gasteiger partial charge >= 0.3 is 0 Å². The number of halogens is 1. The summed E-state index contributed by atoms with van der Waals surface area (Å²) < 4.78 is 15.9. The Bertz CT molecular complexity index is 1400. The molecule has 0 radical (unpaired) electrons. The molecule has 7 atom stereocenters. The van der Waals surface area contributed by atoms with Crippen LogP contribution in [-0.2, 0) is 36.9 Å². The second-order valence-electron chi connectivity index (χ2n) is 11.9. The minimum Gasteiger partial charge on any atom is -0.507 e. The van der Waals surface area contributed by atoms with Gasteiger partial charge in [0.2, 0.25) is 11.8 Å². The molecule has 0 bridgehead atoms. The summed E-state index contributed by atoms with van der Waals surface area (Å²) in [6.45, 7) is 2.60. The maximum Gasteiger partial charge on any atom is 0.235 e. The van der Waals surface area contributed by atoms with Crippen molar-refractivity contribution in [2.75, 3.05) is 27.2 Å². The van der Waals surface area contributed by atoms with E-state index in [1.165, 1.54) is 25.9 Å². The Hall–Kier alpha value is -3.55. The Balaban J connectivity index is 1.50. The third-order valence-electron chi connectivity index (χ3n) is 9.14. The van der Waals surface area contributed by atoms with Crippen LogP contribution < -0.4 is 11.1 Å². The van der Waals surface area contributed by atoms with E-state index in [4.69, 9.17) is 5.73 Å². The maximum atomic E-state index is 15.9. The molecule has 1 saturated heterocycles. The molecule has 0 spiro atoms. The first-order chi connectivity index (χ1) is 19.2. The van der Waals surface area contributed by atoms with E-state index in [9.17, 15) is 39.0 Å². The monoisotopic (exact) mass is 572 g/mol. The molecular weight excluding hydrogens is 539 g/mol. The lowest BCUT2D eigenvalue weighted by Crippen LogP contribution is -2.74. The van der Waals surface area contributed by atoms with E-state index >= 15 is 4.39 Å². The molecule has 220 valence electrons. The predicted octanol–water partition coefficient (Wildman–Crippen LogP) is -1.28. The number of benzene rings is 1. The van der Waals surface area contributed by atoms with Gasteiger partial charge in [0.15, 0.2) is 34.7 Å². The molecule has 4 aliphatic rings. The predicted molar refractivity (Wildman–Crippen MR) is 139 cm³/mol. The molecule has 2 amide bonds. The molecule has 1 aromatic rings. The standard InChI is InChI=1S/C28H33FN4O8/c1-11(34)31-14-4-5-33(10-14)9-13-8-17(35)19-15(21(13)29)6-12-7-16-22(32(2)3)24(37)20(27(30)40)26(39)28(16,41)25(38)18(12)23(19)36/h8,12,14,16,18,20,22,35,41H,4-7,9-10H2,1-3H3,(H2,30,40)(H,31,34)/t12-,14+,16-,18?,20?,22-,28-/m0/s1. The number of carbonyl (C=O) groups is 6. The van der Waals surface area contributed by atoms with E-state index in [0.29, 0.717) is 19.5 Å². The van der Waals surface area contributed by atoms with E-state index in [1.807, 2.05) is 4.90 Å². The van der Waals surface area contributed by atoms with Crippen molar-refractivity contribution >= 4 is 34.9 Å². The number of nitrogens with one attached hydrogen (secondary N) is 1. The zero-order chi connectivity index (χ0) is 30.1. The normalized spacial score (nSPS) is 33.4. The summed E-state index contributed by atoms with van der Waals surface area (Å²) in [5, 5.41) is 25.3. The van der Waals surface area contributed by atoms with Crippen LogP contribution in [0.2, 0.25) is 0 Å². The first kappa shape index (κ1) is 29.0. The van der Waals surface area contributed by atoms with Gasteiger partial charge in [-0.05, 0) is 45.3 Å². The number of Topliss-reactive ketones (excluding diaryl/α,β-unsaturated/α-hetero) is 4. The van der Waals surface area contributed by atoms with Gasteiger partial charge < -0.3 is 21.3 Å². The molecule has 3 fully saturated rings. The zero-order valence-electron chi connectivity index (χ0n) is 23.0. The molecule has 41 heavy (non-hydrogen) atoms. The van der Waals surface area contributed by atoms with E-state index in [2.05, 4.69) is 5.32 Å². The first-order valence-electron chi connectivity index (χ1n) is 13.6. The minimum atomic E-state index is -2.83. The highest BCUT2D eigenvalue weighted by Crippen LogP contribution is 2.51. The summed E-state index contributed by atoms with van der Waals surface area (Å²) in [6.07, 6.45) is 0.375. The molecule has 1 heterocycles. The number of phenolic OH excluding ortho intramolecular Hbond substituents is 1. The highest BCUT2D eigenvalue weighted by Gasteiger charge is 2.69. The summed E-state index contributed by atoms with van der Waals surface area (Å²) in [4.78, 5) is 80.7. The number of amides is 2. The molecule has 12 nitrogen and oxygen atoms in total. The Morgan fingerprint density at radius 3 is 2.51 bits per heavy atom. The molecule has 2 unspecified atom stereocenters. The van der Waals surface area contributed by atoms with Crippen molar-refractivity contribution in [2.45, 2.75) is 50.4 Å². The maximum absolute atomic E-state index is 15.9. The fourth-order valence-corrected chi connectivity index (χ4v) is 7.45. The number of primary amides is 1. The number of hydrogen-bond donors (Lipinski definition) is 4. The van der Waals surface area contributed by atoms with Crippen LogP contribution >= 0.6 is 0 Å². The average molecular weight is 573 g/mol. The number of carbonyl (C=O) groups excluding carboxylic acids is 6. The quantitative estimate of drug-likeness (QED) is 0.309. The minimum absolute atomic E-state index is 0.0630. The number of aromatic hydroxyl groups is 1. The summed E-state index contributed by atoms with van der Waals surface area (Å²) >= 11 is 0. The summed E-state index contributed by atoms with van der Waals surface area (Å²) in [5.74, 6) is -12.8. The summed E-state index contributed by atoms with van der Waals surface area (Å²) in [7, 11) is 2.99. The van der Waals surface area contributed by atoms with Crippen LogP contribution in [0, 0.1) is 29.5 Å². The summed E-state index contributed by atoms with van der Waals surface area (Å²) in [5.41, 5.74) is 2.19. The summed E-state index contributed by atoms with van der Waals surface area (Å²) in [6, 6.07) is -0.179. The number of hydrogen-bond acceptors (Lipinski definition) is 10. The van der Waals surface area contributed by atoms with Crippen LogP contribution in [0.15, 0.2) is 6.07 Å². The Morgan fingerprint density at radius 2 is 1.90 bits per heavy atom. The Morgan fingerprint density at radius 1 is 1.22 bits per heavy atom. The van der Waals surface area contributed by atoms with E-state index < -0.39 is 75.9 Å². The molecule has 13 heteroatoms. The second kappa shape index (κ2) is 10.1. The van der Waals surface area contributed by atoms with Crippen LogP contribution in [0.3, 0.4) is 0 Å². The molecule has 3 aliphatic carbocycles. The van der Waals surface area contributed by atoms with Gasteiger partial charge in [-0.3, -0.25) is 38.6 Å². The highest BCUT2D eigenvalue weighted by molar-refractivity contribution is 6.32. The van der Waals surface area contributed by atoms with Gasteiger partial charge in [0.1, 0.15) is 11.6 Å². The van der Waals surface area contributed by atoms with Crippen molar-refractivity contribution in [3.8, 4) is 5.75 Å². The van der Waals surface area contributed by atoms with Crippen molar-refractivity contribution in [2.24, 2.45) is 29.4 Å². The van der Waals surface area contributed by atoms with E-state index in [0.717, 1.165) is 6.07 Å². The van der Waals surface area contributed by atoms with Crippen molar-refractivity contribution in [3.63, 3.8) is 0 Å². The van der Waals surface area contributed by atoms with Gasteiger partial charge in [0.25, 0.3) is 0 Å². The first-order valence-corrected chi connectivity index (χ1v) is 13.6. The lowest BCUT2D eigenvalue weighted by Gasteiger charge is -2.52. The smallest absolute Gasteiger partial charge is 0.235 e. The molecular formula is C28H33FN4O8.